The van der Waals surface area contributed by atoms with Gasteiger partial charge in [0.05, 0.1) is 18.2 Å². The summed E-state index contributed by atoms with van der Waals surface area (Å²) in [5.74, 6) is 0. The van der Waals surface area contributed by atoms with Crippen LogP contribution in [0.1, 0.15) is 19.3 Å². The number of halogens is 6. The highest BCUT2D eigenvalue weighted by atomic mass is 19.4. The molecule has 0 aliphatic carbocycles. The molecule has 0 aromatic heterocycles. The van der Waals surface area contributed by atoms with Crippen LogP contribution in [0.2, 0.25) is 0 Å². The lowest BCUT2D eigenvalue weighted by Crippen LogP contribution is -2.51. The summed E-state index contributed by atoms with van der Waals surface area (Å²) in [5.41, 5.74) is -0.734. The van der Waals surface area contributed by atoms with E-state index in [9.17, 15) is 35.9 Å². The number of carbonyl (C=O) groups is 2. The van der Waals surface area contributed by atoms with E-state index in [1.807, 2.05) is 0 Å². The number of likely N-dealkylation sites (tertiary alicyclic amines) is 1. The molecule has 7 nitrogen and oxygen atoms in total. The fraction of sp³-hybridized carbons (Fsp3) is 0.765. The van der Waals surface area contributed by atoms with Gasteiger partial charge >= 0.3 is 24.5 Å². The van der Waals surface area contributed by atoms with Crippen LogP contribution in [0.15, 0.2) is 12.7 Å². The number of hydrogen-bond acceptors (Lipinski definition) is 5. The Labute approximate surface area is 168 Å². The normalized spacial score (nSPS) is 21.6. The van der Waals surface area contributed by atoms with Crippen molar-refractivity contribution in [1.29, 1.82) is 0 Å². The SMILES string of the molecule is C=CCOC(=O)N(C)C1COC2(CCN(C(=O)OC(C(F)(F)F)C(F)(F)F)CC2)C1. The molecule has 2 rings (SSSR count). The van der Waals surface area contributed by atoms with Crippen LogP contribution >= 0.6 is 0 Å². The molecule has 30 heavy (non-hydrogen) atoms. The Morgan fingerprint density at radius 3 is 2.30 bits per heavy atom. The van der Waals surface area contributed by atoms with E-state index in [1.54, 1.807) is 0 Å². The summed E-state index contributed by atoms with van der Waals surface area (Å²) in [5, 5.41) is 0. The Balaban J connectivity index is 1.91. The third-order valence-corrected chi connectivity index (χ3v) is 5.10. The van der Waals surface area contributed by atoms with Crippen LogP contribution in [0.4, 0.5) is 35.9 Å². The van der Waals surface area contributed by atoms with Crippen LogP contribution in [0, 0.1) is 0 Å². The lowest BCUT2D eigenvalue weighted by atomic mass is 9.87. The number of amides is 2. The smallest absolute Gasteiger partial charge is 0.434 e. The van der Waals surface area contributed by atoms with Crippen molar-refractivity contribution >= 4 is 12.2 Å². The summed E-state index contributed by atoms with van der Waals surface area (Å²) in [6, 6.07) is -0.319. The fourth-order valence-electron chi connectivity index (χ4n) is 3.39. The Morgan fingerprint density at radius 1 is 1.23 bits per heavy atom. The van der Waals surface area contributed by atoms with E-state index < -0.39 is 36.2 Å². The molecule has 2 aliphatic rings. The van der Waals surface area contributed by atoms with E-state index in [0.29, 0.717) is 6.42 Å². The number of piperidine rings is 1. The van der Waals surface area contributed by atoms with Gasteiger partial charge < -0.3 is 24.0 Å². The molecule has 1 spiro atoms. The third kappa shape index (κ3) is 5.70. The van der Waals surface area contributed by atoms with Crippen molar-refractivity contribution in [2.24, 2.45) is 0 Å². The van der Waals surface area contributed by atoms with E-state index in [1.165, 1.54) is 18.0 Å². The van der Waals surface area contributed by atoms with Crippen molar-refractivity contribution in [2.75, 3.05) is 33.4 Å². The number of alkyl halides is 6. The van der Waals surface area contributed by atoms with Gasteiger partial charge in [0.15, 0.2) is 0 Å². The minimum atomic E-state index is -5.77. The predicted molar refractivity (Wildman–Crippen MR) is 89.6 cm³/mol. The van der Waals surface area contributed by atoms with Gasteiger partial charge in [0, 0.05) is 20.1 Å². The lowest BCUT2D eigenvalue weighted by molar-refractivity contribution is -0.308. The first-order valence-corrected chi connectivity index (χ1v) is 9.02. The van der Waals surface area contributed by atoms with Crippen molar-refractivity contribution in [3.63, 3.8) is 0 Å². The van der Waals surface area contributed by atoms with Gasteiger partial charge in [-0.05, 0) is 19.3 Å². The van der Waals surface area contributed by atoms with Crippen LogP contribution < -0.4 is 0 Å². The summed E-state index contributed by atoms with van der Waals surface area (Å²) in [7, 11) is 1.53. The molecule has 2 aliphatic heterocycles. The van der Waals surface area contributed by atoms with Gasteiger partial charge in [-0.15, -0.1) is 0 Å². The predicted octanol–water partition coefficient (Wildman–Crippen LogP) is 3.49. The topological polar surface area (TPSA) is 68.3 Å². The molecule has 2 saturated heterocycles. The fourth-order valence-corrected chi connectivity index (χ4v) is 3.39. The highest BCUT2D eigenvalue weighted by Gasteiger charge is 2.60. The quantitative estimate of drug-likeness (QED) is 0.487. The first-order valence-electron chi connectivity index (χ1n) is 9.02. The molecule has 0 bridgehead atoms. The highest BCUT2D eigenvalue weighted by Crippen LogP contribution is 2.39. The monoisotopic (exact) mass is 448 g/mol. The van der Waals surface area contributed by atoms with E-state index >= 15 is 0 Å². The molecule has 0 aromatic carbocycles. The zero-order valence-corrected chi connectivity index (χ0v) is 16.1. The number of likely N-dealkylation sites (N-methyl/N-ethyl adjacent to an activating group) is 1. The number of rotatable bonds is 4. The molecular weight excluding hydrogens is 426 g/mol. The van der Waals surface area contributed by atoms with Crippen molar-refractivity contribution in [2.45, 2.75) is 49.4 Å². The van der Waals surface area contributed by atoms with E-state index in [-0.39, 0.29) is 45.2 Å². The first kappa shape index (κ1) is 24.1. The third-order valence-electron chi connectivity index (χ3n) is 5.10. The Morgan fingerprint density at radius 2 is 1.80 bits per heavy atom. The zero-order valence-electron chi connectivity index (χ0n) is 16.1. The largest absolute Gasteiger partial charge is 0.445 e. The Bertz CT molecular complexity index is 632. The van der Waals surface area contributed by atoms with Gasteiger partial charge in [-0.3, -0.25) is 0 Å². The standard InChI is InChI=1S/C17H22F6N2O5/c1-3-8-28-13(26)24(2)11-9-15(29-10-11)4-6-25(7-5-15)14(27)30-12(16(18,19)20)17(21,22)23/h3,11-12H,1,4-10H2,2H3. The van der Waals surface area contributed by atoms with Gasteiger partial charge in [-0.2, -0.15) is 26.3 Å². The molecule has 1 unspecified atom stereocenters. The Hall–Kier alpha value is -2.18. The molecule has 2 fully saturated rings. The maximum Gasteiger partial charge on any atom is 0.434 e. The van der Waals surface area contributed by atoms with Crippen LogP contribution in [-0.2, 0) is 14.2 Å². The van der Waals surface area contributed by atoms with E-state index in [4.69, 9.17) is 9.47 Å². The number of ether oxygens (including phenoxy) is 3. The average Bonchev–Trinajstić information content (AvgIpc) is 3.05. The summed E-state index contributed by atoms with van der Waals surface area (Å²) >= 11 is 0. The molecule has 1 atom stereocenters. The summed E-state index contributed by atoms with van der Waals surface area (Å²) < 4.78 is 89.8. The number of carbonyl (C=O) groups excluding carboxylic acids is 2. The molecular formula is C17H22F6N2O5. The second kappa shape index (κ2) is 8.90. The van der Waals surface area contributed by atoms with Crippen molar-refractivity contribution in [1.82, 2.24) is 9.80 Å². The molecule has 172 valence electrons. The number of nitrogens with zero attached hydrogens (tertiary/aromatic N) is 2. The van der Waals surface area contributed by atoms with E-state index in [0.717, 1.165) is 4.90 Å². The average molecular weight is 448 g/mol. The van der Waals surface area contributed by atoms with Gasteiger partial charge in [0.25, 0.3) is 6.10 Å². The molecule has 0 radical (unpaired) electrons. The maximum atomic E-state index is 12.6. The summed E-state index contributed by atoms with van der Waals surface area (Å²) in [6.07, 6.45) is -15.8. The number of hydrogen-bond donors (Lipinski definition) is 0. The summed E-state index contributed by atoms with van der Waals surface area (Å²) in [6.45, 7) is 3.38. The van der Waals surface area contributed by atoms with Crippen LogP contribution in [0.3, 0.4) is 0 Å². The van der Waals surface area contributed by atoms with Crippen molar-refractivity contribution < 1.29 is 50.1 Å². The van der Waals surface area contributed by atoms with Crippen molar-refractivity contribution in [3.8, 4) is 0 Å². The maximum absolute atomic E-state index is 12.6. The van der Waals surface area contributed by atoms with Gasteiger partial charge in [-0.1, -0.05) is 12.7 Å². The van der Waals surface area contributed by atoms with Crippen LogP contribution in [0.5, 0.6) is 0 Å². The highest BCUT2D eigenvalue weighted by molar-refractivity contribution is 5.68. The first-order chi connectivity index (χ1) is 13.8. The van der Waals surface area contributed by atoms with Crippen molar-refractivity contribution in [3.05, 3.63) is 12.7 Å². The van der Waals surface area contributed by atoms with Crippen LogP contribution in [0.25, 0.3) is 0 Å². The molecule has 0 aromatic rings. The minimum Gasteiger partial charge on any atom is -0.445 e. The summed E-state index contributed by atoms with van der Waals surface area (Å²) in [4.78, 5) is 25.9. The molecule has 13 heteroatoms. The van der Waals surface area contributed by atoms with E-state index in [2.05, 4.69) is 11.3 Å². The Kier molecular flexibility index (Phi) is 7.15. The van der Waals surface area contributed by atoms with Crippen LogP contribution in [-0.4, -0.2) is 85.4 Å². The minimum absolute atomic E-state index is 0.0375. The second-order valence-electron chi connectivity index (χ2n) is 7.16. The molecule has 2 amide bonds. The van der Waals surface area contributed by atoms with Gasteiger partial charge in [0.1, 0.15) is 6.61 Å². The van der Waals surface area contributed by atoms with Gasteiger partial charge in [-0.25, -0.2) is 9.59 Å². The second-order valence-corrected chi connectivity index (χ2v) is 7.16. The lowest BCUT2D eigenvalue weighted by Gasteiger charge is -2.38. The van der Waals surface area contributed by atoms with Gasteiger partial charge in [0.2, 0.25) is 0 Å². The zero-order chi connectivity index (χ0) is 22.7. The molecule has 2 heterocycles. The molecule has 0 N–H and O–H groups in total. The molecule has 0 saturated carbocycles.